The van der Waals surface area contributed by atoms with Crippen molar-refractivity contribution in [1.29, 1.82) is 0 Å². The molecule has 108 valence electrons. The van der Waals surface area contributed by atoms with Crippen molar-refractivity contribution in [2.75, 3.05) is 12.3 Å². The summed E-state index contributed by atoms with van der Waals surface area (Å²) in [4.78, 5) is 12.4. The van der Waals surface area contributed by atoms with Crippen molar-refractivity contribution in [2.45, 2.75) is 12.5 Å². The highest BCUT2D eigenvalue weighted by Crippen LogP contribution is 2.32. The third-order valence-electron chi connectivity index (χ3n) is 3.52. The Kier molecular flexibility index (Phi) is 3.84. The van der Waals surface area contributed by atoms with Gasteiger partial charge in [-0.15, -0.1) is 0 Å². The minimum atomic E-state index is -0.165. The number of hydrogen-bond donors (Lipinski definition) is 2. The molecule has 1 amide bonds. The summed E-state index contributed by atoms with van der Waals surface area (Å²) in [6.45, 7) is 0.595. The SMILES string of the molecule is Nc1cc(Br)ccc1C(=O)NC1CCOc2ccccc21. The molecular weight excluding hydrogens is 332 g/mol. The summed E-state index contributed by atoms with van der Waals surface area (Å²) < 4.78 is 6.45. The molecule has 3 rings (SSSR count). The van der Waals surface area contributed by atoms with Gasteiger partial charge in [0.1, 0.15) is 5.75 Å². The summed E-state index contributed by atoms with van der Waals surface area (Å²) in [6, 6.07) is 13.0. The normalized spacial score (nSPS) is 16.7. The molecule has 0 bridgehead atoms. The second-order valence-electron chi connectivity index (χ2n) is 4.93. The number of nitrogens with one attached hydrogen (secondary N) is 1. The number of para-hydroxylation sites is 1. The van der Waals surface area contributed by atoms with Gasteiger partial charge in [-0.1, -0.05) is 34.1 Å². The molecule has 1 aliphatic heterocycles. The molecule has 0 radical (unpaired) electrons. The van der Waals surface area contributed by atoms with Gasteiger partial charge in [-0.3, -0.25) is 4.79 Å². The maximum atomic E-state index is 12.4. The summed E-state index contributed by atoms with van der Waals surface area (Å²) >= 11 is 3.34. The maximum Gasteiger partial charge on any atom is 0.253 e. The number of benzene rings is 2. The van der Waals surface area contributed by atoms with Crippen molar-refractivity contribution in [3.05, 3.63) is 58.1 Å². The largest absolute Gasteiger partial charge is 0.493 e. The molecule has 21 heavy (non-hydrogen) atoms. The second kappa shape index (κ2) is 5.77. The number of rotatable bonds is 2. The molecule has 0 aromatic heterocycles. The van der Waals surface area contributed by atoms with Crippen LogP contribution in [0.15, 0.2) is 46.9 Å². The van der Waals surface area contributed by atoms with E-state index in [0.717, 1.165) is 22.2 Å². The van der Waals surface area contributed by atoms with Crippen molar-refractivity contribution >= 4 is 27.5 Å². The average Bonchev–Trinajstić information content (AvgIpc) is 2.47. The standard InChI is InChI=1S/C16H15BrN2O2/c17-10-5-6-11(13(18)9-10)16(20)19-14-7-8-21-15-4-2-1-3-12(14)15/h1-6,9,14H,7-8,18H2,(H,19,20). The van der Waals surface area contributed by atoms with Crippen molar-refractivity contribution in [1.82, 2.24) is 5.32 Å². The number of nitrogens with two attached hydrogens (primary N) is 1. The maximum absolute atomic E-state index is 12.4. The molecule has 1 atom stereocenters. The van der Waals surface area contributed by atoms with E-state index < -0.39 is 0 Å². The first-order valence-electron chi connectivity index (χ1n) is 6.73. The molecule has 0 spiro atoms. The second-order valence-corrected chi connectivity index (χ2v) is 5.85. The smallest absolute Gasteiger partial charge is 0.253 e. The van der Waals surface area contributed by atoms with Gasteiger partial charge in [-0.2, -0.15) is 0 Å². The van der Waals surface area contributed by atoms with E-state index >= 15 is 0 Å². The number of carbonyl (C=O) groups excluding carboxylic acids is 1. The lowest BCUT2D eigenvalue weighted by molar-refractivity contribution is 0.0925. The molecular formula is C16H15BrN2O2. The molecule has 0 aliphatic carbocycles. The van der Waals surface area contributed by atoms with Crippen LogP contribution in [0.1, 0.15) is 28.4 Å². The van der Waals surface area contributed by atoms with Gasteiger partial charge in [-0.25, -0.2) is 0 Å². The number of carbonyl (C=O) groups is 1. The zero-order valence-electron chi connectivity index (χ0n) is 11.3. The highest BCUT2D eigenvalue weighted by atomic mass is 79.9. The number of ether oxygens (including phenoxy) is 1. The van der Waals surface area contributed by atoms with Crippen LogP contribution in [0.25, 0.3) is 0 Å². The molecule has 2 aromatic carbocycles. The van der Waals surface area contributed by atoms with Crippen LogP contribution in [0.5, 0.6) is 5.75 Å². The average molecular weight is 347 g/mol. The Morgan fingerprint density at radius 3 is 2.90 bits per heavy atom. The zero-order chi connectivity index (χ0) is 14.8. The molecule has 1 heterocycles. The lowest BCUT2D eigenvalue weighted by Crippen LogP contribution is -2.32. The van der Waals surface area contributed by atoms with Crippen LogP contribution >= 0.6 is 15.9 Å². The Labute approximate surface area is 131 Å². The molecule has 1 unspecified atom stereocenters. The number of amides is 1. The summed E-state index contributed by atoms with van der Waals surface area (Å²) in [6.07, 6.45) is 0.749. The van der Waals surface area contributed by atoms with Crippen molar-refractivity contribution in [3.8, 4) is 5.75 Å². The Morgan fingerprint density at radius 2 is 2.10 bits per heavy atom. The van der Waals surface area contributed by atoms with E-state index in [4.69, 9.17) is 10.5 Å². The topological polar surface area (TPSA) is 64.4 Å². The van der Waals surface area contributed by atoms with Gasteiger partial charge >= 0.3 is 0 Å². The Morgan fingerprint density at radius 1 is 1.29 bits per heavy atom. The van der Waals surface area contributed by atoms with Crippen LogP contribution in [0.4, 0.5) is 5.69 Å². The fourth-order valence-corrected chi connectivity index (χ4v) is 2.85. The van der Waals surface area contributed by atoms with Crippen LogP contribution in [-0.2, 0) is 0 Å². The Hall–Kier alpha value is -2.01. The van der Waals surface area contributed by atoms with E-state index in [-0.39, 0.29) is 11.9 Å². The van der Waals surface area contributed by atoms with Crippen LogP contribution in [0.2, 0.25) is 0 Å². The molecule has 2 aromatic rings. The lowest BCUT2D eigenvalue weighted by atomic mass is 10.00. The predicted octanol–water partition coefficient (Wildman–Crippen LogP) is 3.28. The van der Waals surface area contributed by atoms with Gasteiger partial charge in [0.15, 0.2) is 0 Å². The number of halogens is 1. The third-order valence-corrected chi connectivity index (χ3v) is 4.02. The van der Waals surface area contributed by atoms with E-state index in [1.807, 2.05) is 30.3 Å². The molecule has 3 N–H and O–H groups in total. The summed E-state index contributed by atoms with van der Waals surface area (Å²) in [5.41, 5.74) is 7.86. The van der Waals surface area contributed by atoms with Gasteiger partial charge in [0, 0.05) is 22.1 Å². The first-order valence-corrected chi connectivity index (χ1v) is 7.52. The van der Waals surface area contributed by atoms with Gasteiger partial charge < -0.3 is 15.8 Å². The first kappa shape index (κ1) is 13.9. The molecule has 5 heteroatoms. The monoisotopic (exact) mass is 346 g/mol. The number of anilines is 1. The quantitative estimate of drug-likeness (QED) is 0.820. The molecule has 0 saturated heterocycles. The van der Waals surface area contributed by atoms with Crippen LogP contribution in [0.3, 0.4) is 0 Å². The third kappa shape index (κ3) is 2.88. The van der Waals surface area contributed by atoms with Crippen LogP contribution < -0.4 is 15.8 Å². The number of fused-ring (bicyclic) bond motifs is 1. The highest BCUT2D eigenvalue weighted by Gasteiger charge is 2.23. The molecule has 0 saturated carbocycles. The van der Waals surface area contributed by atoms with Gasteiger partial charge in [0.05, 0.1) is 18.2 Å². The predicted molar refractivity (Wildman–Crippen MR) is 85.3 cm³/mol. The Balaban J connectivity index is 1.83. The fraction of sp³-hybridized carbons (Fsp3) is 0.188. The summed E-state index contributed by atoms with van der Waals surface area (Å²) in [5.74, 6) is 0.666. The van der Waals surface area contributed by atoms with E-state index in [1.54, 1.807) is 12.1 Å². The minimum absolute atomic E-state index is 0.0505. The van der Waals surface area contributed by atoms with Crippen molar-refractivity contribution in [3.63, 3.8) is 0 Å². The summed E-state index contributed by atoms with van der Waals surface area (Å²) in [7, 11) is 0. The van der Waals surface area contributed by atoms with Crippen LogP contribution in [-0.4, -0.2) is 12.5 Å². The minimum Gasteiger partial charge on any atom is -0.493 e. The van der Waals surface area contributed by atoms with Crippen molar-refractivity contribution in [2.24, 2.45) is 0 Å². The zero-order valence-corrected chi connectivity index (χ0v) is 12.9. The Bertz CT molecular complexity index is 688. The lowest BCUT2D eigenvalue weighted by Gasteiger charge is -2.26. The highest BCUT2D eigenvalue weighted by molar-refractivity contribution is 9.10. The van der Waals surface area contributed by atoms with E-state index in [1.165, 1.54) is 0 Å². The summed E-state index contributed by atoms with van der Waals surface area (Å²) in [5, 5.41) is 3.04. The number of hydrogen-bond acceptors (Lipinski definition) is 3. The van der Waals surface area contributed by atoms with Gasteiger partial charge in [0.25, 0.3) is 5.91 Å². The van der Waals surface area contributed by atoms with Crippen LogP contribution in [0, 0.1) is 0 Å². The molecule has 4 nitrogen and oxygen atoms in total. The van der Waals surface area contributed by atoms with E-state index in [0.29, 0.717) is 17.9 Å². The number of nitrogen functional groups attached to an aromatic ring is 1. The van der Waals surface area contributed by atoms with Gasteiger partial charge in [0.2, 0.25) is 0 Å². The van der Waals surface area contributed by atoms with Crippen molar-refractivity contribution < 1.29 is 9.53 Å². The van der Waals surface area contributed by atoms with E-state index in [2.05, 4.69) is 21.2 Å². The molecule has 0 fully saturated rings. The fourth-order valence-electron chi connectivity index (χ4n) is 2.47. The molecule has 1 aliphatic rings. The van der Waals surface area contributed by atoms with Gasteiger partial charge in [-0.05, 0) is 24.3 Å². The first-order chi connectivity index (χ1) is 10.1. The van der Waals surface area contributed by atoms with E-state index in [9.17, 15) is 4.79 Å².